The maximum absolute atomic E-state index is 9.89. The number of aromatic nitrogens is 3. The lowest BCUT2D eigenvalue weighted by molar-refractivity contribution is -0.112. The number of ether oxygens (including phenoxy) is 9. The van der Waals surface area contributed by atoms with Gasteiger partial charge >= 0.3 is 0 Å². The summed E-state index contributed by atoms with van der Waals surface area (Å²) in [5.41, 5.74) is 0.536. The van der Waals surface area contributed by atoms with E-state index in [4.69, 9.17) is 42.6 Å². The van der Waals surface area contributed by atoms with Crippen molar-refractivity contribution in [2.24, 2.45) is 0 Å². The third kappa shape index (κ3) is 51.1. The number of unbranched alkanes of at least 4 members (excludes halogenated alkanes) is 30. The smallest absolute Gasteiger partial charge is 0.108 e. The quantitative estimate of drug-likeness (QED) is 0.0284. The van der Waals surface area contributed by atoms with Crippen LogP contribution in [-0.2, 0) is 49.2 Å². The van der Waals surface area contributed by atoms with Gasteiger partial charge in [0.05, 0.1) is 119 Å². The van der Waals surface area contributed by atoms with E-state index < -0.39 is 69.1 Å². The molecule has 0 aromatic carbocycles. The summed E-state index contributed by atoms with van der Waals surface area (Å²) in [4.78, 5) is 0. The van der Waals surface area contributed by atoms with Gasteiger partial charge in [0.25, 0.3) is 0 Å². The third-order valence-corrected chi connectivity index (χ3v) is 14.6. The van der Waals surface area contributed by atoms with Crippen LogP contribution in [0.2, 0.25) is 0 Å². The lowest BCUT2D eigenvalue weighted by atomic mass is 10.0. The predicted octanol–water partition coefficient (Wildman–Crippen LogP) is 8.51. The molecule has 0 saturated carbocycles. The Bertz CT molecular complexity index is 1330. The molecule has 0 amide bonds. The van der Waals surface area contributed by atoms with Crippen LogP contribution in [0.4, 0.5) is 0 Å². The molecule has 20 heteroatoms. The maximum atomic E-state index is 9.89. The summed E-state index contributed by atoms with van der Waals surface area (Å²) in [6.45, 7) is 3.84. The highest BCUT2D eigenvalue weighted by Gasteiger charge is 2.23. The van der Waals surface area contributed by atoms with Crippen molar-refractivity contribution in [3.05, 3.63) is 11.9 Å². The minimum absolute atomic E-state index is 0.0317. The number of rotatable bonds is 68. The first-order valence-electron chi connectivity index (χ1n) is 33.1. The van der Waals surface area contributed by atoms with E-state index in [2.05, 4.69) is 24.2 Å². The van der Waals surface area contributed by atoms with E-state index in [1.54, 1.807) is 10.9 Å². The zero-order valence-electron chi connectivity index (χ0n) is 52.4. The van der Waals surface area contributed by atoms with Crippen LogP contribution >= 0.6 is 0 Å². The van der Waals surface area contributed by atoms with Gasteiger partial charge in [0.15, 0.2) is 0 Å². The molecule has 1 aromatic rings. The zero-order chi connectivity index (χ0) is 60.3. The summed E-state index contributed by atoms with van der Waals surface area (Å²) in [6.07, 6.45) is 37.5. The molecule has 0 saturated heterocycles. The average Bonchev–Trinajstić information content (AvgIpc) is 3.98. The maximum Gasteiger partial charge on any atom is 0.108 e. The SMILES string of the molecule is CCCCCCCCCCCCCCCCCCOCC(COCCCCCCCCCCCCCCCCCC)OCc1cn(C(COC(COCC(O)CO)COCC(O)CO)COC(COCC(O)CO)COCC(O)CO)nn1. The Kier molecular flexibility index (Phi) is 58.2. The fourth-order valence-corrected chi connectivity index (χ4v) is 9.38. The van der Waals surface area contributed by atoms with Crippen molar-refractivity contribution in [3.63, 3.8) is 0 Å². The van der Waals surface area contributed by atoms with Crippen LogP contribution in [-0.4, -0.2) is 217 Å². The largest absolute Gasteiger partial charge is 0.394 e. The normalized spacial score (nSPS) is 14.6. The Morgan fingerprint density at radius 1 is 0.337 bits per heavy atom. The summed E-state index contributed by atoms with van der Waals surface area (Å²) < 4.78 is 55.4. The van der Waals surface area contributed by atoms with Gasteiger partial charge in [0.1, 0.15) is 54.5 Å². The first-order valence-corrected chi connectivity index (χ1v) is 33.1. The van der Waals surface area contributed by atoms with Gasteiger partial charge in [-0.15, -0.1) is 5.10 Å². The van der Waals surface area contributed by atoms with Crippen molar-refractivity contribution in [3.8, 4) is 0 Å². The van der Waals surface area contributed by atoms with Crippen molar-refractivity contribution in [2.45, 2.75) is 275 Å². The van der Waals surface area contributed by atoms with E-state index in [0.717, 1.165) is 25.7 Å². The minimum atomic E-state index is -1.10. The molecule has 0 bridgehead atoms. The molecule has 8 N–H and O–H groups in total. The molecule has 0 radical (unpaired) electrons. The lowest BCUT2D eigenvalue weighted by Crippen LogP contribution is -2.35. The molecule has 0 aliphatic heterocycles. The molecule has 20 nitrogen and oxygen atoms in total. The number of aliphatic hydroxyl groups is 8. The number of aliphatic hydroxyl groups excluding tert-OH is 8. The van der Waals surface area contributed by atoms with Crippen LogP contribution < -0.4 is 0 Å². The summed E-state index contributed by atoms with van der Waals surface area (Å²) in [5.74, 6) is 0. The van der Waals surface area contributed by atoms with E-state index in [0.29, 0.717) is 32.1 Å². The summed E-state index contributed by atoms with van der Waals surface area (Å²) in [5, 5.41) is 85.7. The summed E-state index contributed by atoms with van der Waals surface area (Å²) in [6, 6.07) is -0.639. The second-order valence-corrected chi connectivity index (χ2v) is 22.9. The van der Waals surface area contributed by atoms with Crippen molar-refractivity contribution >= 4 is 0 Å². The highest BCUT2D eigenvalue weighted by molar-refractivity contribution is 4.92. The summed E-state index contributed by atoms with van der Waals surface area (Å²) >= 11 is 0. The van der Waals surface area contributed by atoms with Crippen LogP contribution in [0.15, 0.2) is 6.20 Å². The number of nitrogens with zero attached hydrogens (tertiary/aromatic N) is 3. The van der Waals surface area contributed by atoms with Crippen molar-refractivity contribution in [1.29, 1.82) is 0 Å². The number of hydrogen-bond acceptors (Lipinski definition) is 19. The van der Waals surface area contributed by atoms with E-state index in [1.165, 1.54) is 180 Å². The highest BCUT2D eigenvalue weighted by Crippen LogP contribution is 2.18. The molecular formula is C63H125N3O17. The van der Waals surface area contributed by atoms with Crippen molar-refractivity contribution < 1.29 is 83.5 Å². The second kappa shape index (κ2) is 60.7. The molecule has 4 atom stereocenters. The lowest BCUT2D eigenvalue weighted by Gasteiger charge is -2.25. The van der Waals surface area contributed by atoms with E-state index in [9.17, 15) is 40.9 Å². The van der Waals surface area contributed by atoms with Crippen LogP contribution in [0.5, 0.6) is 0 Å². The van der Waals surface area contributed by atoms with Crippen molar-refractivity contribution in [1.82, 2.24) is 15.0 Å². The molecular weight excluding hydrogens is 1070 g/mol. The van der Waals surface area contributed by atoms with Crippen LogP contribution in [0.1, 0.15) is 231 Å². The predicted molar refractivity (Wildman–Crippen MR) is 323 cm³/mol. The average molecular weight is 1200 g/mol. The van der Waals surface area contributed by atoms with Gasteiger partial charge in [-0.3, -0.25) is 0 Å². The summed E-state index contributed by atoms with van der Waals surface area (Å²) in [7, 11) is 0. The van der Waals surface area contributed by atoms with Gasteiger partial charge < -0.3 is 83.5 Å². The Labute approximate surface area is 502 Å². The molecule has 0 aliphatic rings. The Morgan fingerprint density at radius 2 is 0.602 bits per heavy atom. The van der Waals surface area contributed by atoms with Crippen LogP contribution in [0, 0.1) is 0 Å². The molecule has 83 heavy (non-hydrogen) atoms. The molecule has 1 heterocycles. The Morgan fingerprint density at radius 3 is 0.892 bits per heavy atom. The van der Waals surface area contributed by atoms with Gasteiger partial charge in [-0.2, -0.15) is 0 Å². The van der Waals surface area contributed by atoms with Gasteiger partial charge in [-0.1, -0.05) is 212 Å². The first kappa shape index (κ1) is 79.5. The Hall–Kier alpha value is -1.54. The van der Waals surface area contributed by atoms with Gasteiger partial charge in [0, 0.05) is 13.2 Å². The topological polar surface area (TPSA) is 276 Å². The molecule has 1 aromatic heterocycles. The van der Waals surface area contributed by atoms with E-state index >= 15 is 0 Å². The Balaban J connectivity index is 2.95. The fraction of sp³-hybridized carbons (Fsp3) is 0.968. The van der Waals surface area contributed by atoms with Crippen LogP contribution in [0.3, 0.4) is 0 Å². The standard InChI is InChI=1S/C63H125N3O17/c1-3-5-7-9-11-13-15-17-19-21-23-25-27-29-31-33-35-75-49-61(50-76-36-34-32-30-28-26-24-22-20-18-16-14-12-10-8-6-4-2)81-42-55-37-66(65-64-55)56(43-82-62(51-77-45-57(71)38-67)52-78-46-58(72)39-68)44-83-63(53-79-47-59(73)40-69)54-80-48-60(74)41-70/h37,56-63,67-74H,3-36,38-54H2,1-2H3. The zero-order valence-corrected chi connectivity index (χ0v) is 52.4. The first-order chi connectivity index (χ1) is 40.7. The molecule has 494 valence electrons. The third-order valence-electron chi connectivity index (χ3n) is 14.6. The second-order valence-electron chi connectivity index (χ2n) is 22.9. The molecule has 0 spiro atoms. The van der Waals surface area contributed by atoms with Crippen molar-refractivity contribution in [2.75, 3.05) is 119 Å². The van der Waals surface area contributed by atoms with Crippen LogP contribution in [0.25, 0.3) is 0 Å². The van der Waals surface area contributed by atoms with E-state index in [1.807, 2.05) is 0 Å². The monoisotopic (exact) mass is 1200 g/mol. The highest BCUT2D eigenvalue weighted by atomic mass is 16.6. The van der Waals surface area contributed by atoms with Gasteiger partial charge in [0.2, 0.25) is 0 Å². The van der Waals surface area contributed by atoms with Gasteiger partial charge in [-0.05, 0) is 12.8 Å². The number of hydrogen-bond donors (Lipinski definition) is 8. The van der Waals surface area contributed by atoms with Gasteiger partial charge in [-0.25, -0.2) is 4.68 Å². The van der Waals surface area contributed by atoms with E-state index in [-0.39, 0.29) is 78.8 Å². The molecule has 4 unspecified atom stereocenters. The molecule has 0 fully saturated rings. The minimum Gasteiger partial charge on any atom is -0.394 e. The molecule has 0 aliphatic carbocycles. The molecule has 1 rings (SSSR count). The fourth-order valence-electron chi connectivity index (χ4n) is 9.38.